The summed E-state index contributed by atoms with van der Waals surface area (Å²) < 4.78 is 5.33. The molecule has 1 unspecified atom stereocenters. The van der Waals surface area contributed by atoms with Gasteiger partial charge in [0.15, 0.2) is 5.96 Å². The largest absolute Gasteiger partial charge is 0.444 e. The Balaban J connectivity index is 0.00000450. The van der Waals surface area contributed by atoms with Gasteiger partial charge in [-0.05, 0) is 65.5 Å². The normalized spacial score (nSPS) is 18.8. The minimum Gasteiger partial charge on any atom is -0.444 e. The van der Waals surface area contributed by atoms with Crippen LogP contribution in [-0.4, -0.2) is 47.9 Å². The Kier molecular flexibility index (Phi) is 9.41. The van der Waals surface area contributed by atoms with Crippen molar-refractivity contribution in [2.24, 2.45) is 4.99 Å². The van der Waals surface area contributed by atoms with Crippen LogP contribution in [0, 0.1) is 0 Å². The Morgan fingerprint density at radius 2 is 1.87 bits per heavy atom. The highest BCUT2D eigenvalue weighted by Gasteiger charge is 2.36. The van der Waals surface area contributed by atoms with Gasteiger partial charge in [0.1, 0.15) is 11.2 Å². The molecule has 4 N–H and O–H groups in total. The lowest BCUT2D eigenvalue weighted by molar-refractivity contribution is 0.0432. The molecular formula is C22H37IN4O3. The number of ether oxygens (including phenoxy) is 1. The van der Waals surface area contributed by atoms with Crippen LogP contribution in [0.15, 0.2) is 29.3 Å². The summed E-state index contributed by atoms with van der Waals surface area (Å²) in [4.78, 5) is 16.7. The molecule has 1 aromatic carbocycles. The number of rotatable bonds is 6. The smallest absolute Gasteiger partial charge is 0.408 e. The summed E-state index contributed by atoms with van der Waals surface area (Å²) in [6.07, 6.45) is 1.09. The molecule has 0 spiro atoms. The van der Waals surface area contributed by atoms with Gasteiger partial charge in [-0.15, -0.1) is 24.0 Å². The van der Waals surface area contributed by atoms with Crippen molar-refractivity contribution in [2.45, 2.75) is 71.1 Å². The molecule has 0 saturated heterocycles. The molecule has 0 bridgehead atoms. The predicted molar refractivity (Wildman–Crippen MR) is 132 cm³/mol. The fourth-order valence-corrected chi connectivity index (χ4v) is 3.32. The molecule has 0 fully saturated rings. The van der Waals surface area contributed by atoms with Crippen LogP contribution in [0.25, 0.3) is 0 Å². The second kappa shape index (κ2) is 10.7. The van der Waals surface area contributed by atoms with Gasteiger partial charge in [-0.25, -0.2) is 4.79 Å². The van der Waals surface area contributed by atoms with Crippen LogP contribution in [-0.2, 0) is 16.8 Å². The number of carbonyl (C=O) groups is 1. The van der Waals surface area contributed by atoms with Crippen molar-refractivity contribution in [1.29, 1.82) is 0 Å². The quantitative estimate of drug-likeness (QED) is 0.256. The van der Waals surface area contributed by atoms with E-state index in [-0.39, 0.29) is 24.0 Å². The maximum absolute atomic E-state index is 12.1. The maximum Gasteiger partial charge on any atom is 0.408 e. The number of amides is 1. The minimum atomic E-state index is -0.906. The molecule has 0 aromatic heterocycles. The number of aryl methyl sites for hydroxylation is 1. The fraction of sp³-hybridized carbons (Fsp3) is 0.636. The topological polar surface area (TPSA) is 95.0 Å². The lowest BCUT2D eigenvalue weighted by Gasteiger charge is -2.28. The van der Waals surface area contributed by atoms with Crippen molar-refractivity contribution in [3.63, 3.8) is 0 Å². The number of carbonyl (C=O) groups excluding carboxylic acids is 1. The third kappa shape index (κ3) is 7.94. The zero-order chi connectivity index (χ0) is 21.7. The van der Waals surface area contributed by atoms with Gasteiger partial charge >= 0.3 is 6.09 Å². The van der Waals surface area contributed by atoms with Gasteiger partial charge in [-0.2, -0.15) is 0 Å². The van der Waals surface area contributed by atoms with Crippen LogP contribution >= 0.6 is 24.0 Å². The van der Waals surface area contributed by atoms with Gasteiger partial charge in [-0.1, -0.05) is 24.3 Å². The summed E-state index contributed by atoms with van der Waals surface area (Å²) in [5.74, 6) is 0.601. The monoisotopic (exact) mass is 532 g/mol. The average molecular weight is 532 g/mol. The van der Waals surface area contributed by atoms with Crippen molar-refractivity contribution in [2.75, 3.05) is 19.6 Å². The number of alkyl carbamates (subject to hydrolysis) is 1. The van der Waals surface area contributed by atoms with Crippen molar-refractivity contribution in [1.82, 2.24) is 16.0 Å². The molecule has 1 aliphatic carbocycles. The van der Waals surface area contributed by atoms with E-state index in [2.05, 4.69) is 27.0 Å². The third-order valence-electron chi connectivity index (χ3n) is 4.69. The first-order chi connectivity index (χ1) is 13.4. The number of nitrogens with one attached hydrogen (secondary N) is 3. The number of hydrogen-bond acceptors (Lipinski definition) is 4. The Morgan fingerprint density at radius 1 is 1.20 bits per heavy atom. The molecule has 1 amide bonds. The first-order valence-corrected chi connectivity index (χ1v) is 10.3. The van der Waals surface area contributed by atoms with Crippen LogP contribution in [0.1, 0.15) is 59.1 Å². The molecule has 1 aliphatic rings. The SMILES string of the molecule is CCNC(=NCC(C)(C)NC(=O)OC(C)(C)C)NCC1(O)CCc2ccccc21.I. The molecule has 170 valence electrons. The molecule has 0 saturated carbocycles. The number of aliphatic imine (C=N–C) groups is 1. The highest BCUT2D eigenvalue weighted by atomic mass is 127. The number of benzene rings is 1. The van der Waals surface area contributed by atoms with E-state index >= 15 is 0 Å². The van der Waals surface area contributed by atoms with Gasteiger partial charge in [0.05, 0.1) is 18.6 Å². The van der Waals surface area contributed by atoms with Gasteiger partial charge in [0.25, 0.3) is 0 Å². The first kappa shape index (κ1) is 26.5. The minimum absolute atomic E-state index is 0. The Bertz CT molecular complexity index is 746. The highest BCUT2D eigenvalue weighted by Crippen LogP contribution is 2.36. The van der Waals surface area contributed by atoms with Crippen LogP contribution in [0.2, 0.25) is 0 Å². The van der Waals surface area contributed by atoms with E-state index in [9.17, 15) is 9.90 Å². The number of nitrogens with zero attached hydrogens (tertiary/aromatic N) is 1. The zero-order valence-electron chi connectivity index (χ0n) is 19.0. The van der Waals surface area contributed by atoms with E-state index in [0.29, 0.717) is 32.0 Å². The van der Waals surface area contributed by atoms with E-state index < -0.39 is 22.8 Å². The second-order valence-corrected chi connectivity index (χ2v) is 9.25. The summed E-state index contributed by atoms with van der Waals surface area (Å²) in [5, 5.41) is 20.4. The second-order valence-electron chi connectivity index (χ2n) is 9.25. The number of guanidine groups is 1. The molecule has 0 radical (unpaired) electrons. The summed E-state index contributed by atoms with van der Waals surface area (Å²) in [6.45, 7) is 12.7. The Morgan fingerprint density at radius 3 is 2.50 bits per heavy atom. The van der Waals surface area contributed by atoms with E-state index in [4.69, 9.17) is 4.74 Å². The van der Waals surface area contributed by atoms with Gasteiger partial charge in [-0.3, -0.25) is 4.99 Å². The summed E-state index contributed by atoms with van der Waals surface area (Å²) >= 11 is 0. The van der Waals surface area contributed by atoms with E-state index in [0.717, 1.165) is 12.0 Å². The molecule has 0 aliphatic heterocycles. The third-order valence-corrected chi connectivity index (χ3v) is 4.69. The molecule has 0 heterocycles. The lowest BCUT2D eigenvalue weighted by Crippen LogP contribution is -2.49. The number of halogens is 1. The molecule has 1 atom stereocenters. The van der Waals surface area contributed by atoms with Gasteiger partial charge in [0, 0.05) is 6.54 Å². The molecule has 7 nitrogen and oxygen atoms in total. The van der Waals surface area contributed by atoms with Crippen molar-refractivity contribution >= 4 is 36.0 Å². The van der Waals surface area contributed by atoms with Gasteiger partial charge in [0.2, 0.25) is 0 Å². The summed E-state index contributed by atoms with van der Waals surface area (Å²) in [6, 6.07) is 8.02. The van der Waals surface area contributed by atoms with Gasteiger partial charge < -0.3 is 25.8 Å². The van der Waals surface area contributed by atoms with Crippen LogP contribution in [0.5, 0.6) is 0 Å². The average Bonchev–Trinajstić information content (AvgIpc) is 2.93. The van der Waals surface area contributed by atoms with E-state index in [1.807, 2.05) is 59.7 Å². The van der Waals surface area contributed by atoms with Crippen molar-refractivity contribution in [3.8, 4) is 0 Å². The Hall–Kier alpha value is -1.55. The summed E-state index contributed by atoms with van der Waals surface area (Å²) in [5.41, 5.74) is 0.141. The lowest BCUT2D eigenvalue weighted by atomic mass is 9.96. The van der Waals surface area contributed by atoms with Crippen LogP contribution < -0.4 is 16.0 Å². The van der Waals surface area contributed by atoms with Crippen LogP contribution in [0.4, 0.5) is 4.79 Å². The molecule has 30 heavy (non-hydrogen) atoms. The standard InChI is InChI=1S/C22H36N4O3.HI/c1-7-23-18(24-14-21(5,6)26-19(27)29-20(2,3)4)25-15-22(28)13-12-16-10-8-9-11-17(16)22;/h8-11,28H,7,12-15H2,1-6H3,(H,26,27)(H2,23,24,25);1H. The van der Waals surface area contributed by atoms with E-state index in [1.165, 1.54) is 5.56 Å². The molecular weight excluding hydrogens is 495 g/mol. The first-order valence-electron chi connectivity index (χ1n) is 10.3. The molecule has 1 aromatic rings. The highest BCUT2D eigenvalue weighted by molar-refractivity contribution is 14.0. The number of hydrogen-bond donors (Lipinski definition) is 4. The Labute approximate surface area is 197 Å². The number of fused-ring (bicyclic) bond motifs is 1. The summed E-state index contributed by atoms with van der Waals surface area (Å²) in [7, 11) is 0. The number of aliphatic hydroxyl groups is 1. The molecule has 8 heteroatoms. The zero-order valence-corrected chi connectivity index (χ0v) is 21.3. The molecule has 2 rings (SSSR count). The maximum atomic E-state index is 12.1. The fourth-order valence-electron chi connectivity index (χ4n) is 3.32. The van der Waals surface area contributed by atoms with E-state index in [1.54, 1.807) is 0 Å². The van der Waals surface area contributed by atoms with Crippen molar-refractivity contribution < 1.29 is 14.6 Å². The predicted octanol–water partition coefficient (Wildman–Crippen LogP) is 3.30. The van der Waals surface area contributed by atoms with Crippen molar-refractivity contribution in [3.05, 3.63) is 35.4 Å². The van der Waals surface area contributed by atoms with Crippen LogP contribution in [0.3, 0.4) is 0 Å².